The number of ether oxygens (including phenoxy) is 1. The van der Waals surface area contributed by atoms with Crippen LogP contribution < -0.4 is 10.1 Å². The SMILES string of the molecule is CN1CC(NC(=O)COc2cccnc2)CCC1=O. The van der Waals surface area contributed by atoms with Gasteiger partial charge >= 0.3 is 0 Å². The largest absolute Gasteiger partial charge is 0.482 e. The van der Waals surface area contributed by atoms with Crippen molar-refractivity contribution in [1.82, 2.24) is 15.2 Å². The Balaban J connectivity index is 1.74. The van der Waals surface area contributed by atoms with Crippen molar-refractivity contribution in [1.29, 1.82) is 0 Å². The molecule has 6 nitrogen and oxygen atoms in total. The van der Waals surface area contributed by atoms with Crippen LogP contribution >= 0.6 is 0 Å². The first-order valence-electron chi connectivity index (χ1n) is 6.21. The van der Waals surface area contributed by atoms with Crippen LogP contribution in [0.4, 0.5) is 0 Å². The zero-order valence-electron chi connectivity index (χ0n) is 10.8. The molecule has 0 radical (unpaired) electrons. The molecule has 1 fully saturated rings. The molecule has 2 heterocycles. The maximum absolute atomic E-state index is 11.7. The molecule has 1 aromatic rings. The molecule has 6 heteroatoms. The minimum absolute atomic E-state index is 0.00713. The number of nitrogens with one attached hydrogen (secondary N) is 1. The number of rotatable bonds is 4. The van der Waals surface area contributed by atoms with Crippen LogP contribution in [0.5, 0.6) is 5.75 Å². The monoisotopic (exact) mass is 263 g/mol. The summed E-state index contributed by atoms with van der Waals surface area (Å²) in [4.78, 5) is 28.6. The number of pyridine rings is 1. The highest BCUT2D eigenvalue weighted by molar-refractivity contribution is 5.79. The number of carbonyl (C=O) groups excluding carboxylic acids is 2. The first-order valence-corrected chi connectivity index (χ1v) is 6.21. The highest BCUT2D eigenvalue weighted by Crippen LogP contribution is 2.10. The summed E-state index contributed by atoms with van der Waals surface area (Å²) in [5, 5.41) is 2.86. The van der Waals surface area contributed by atoms with Crippen molar-refractivity contribution in [3.05, 3.63) is 24.5 Å². The van der Waals surface area contributed by atoms with Gasteiger partial charge in [0.05, 0.1) is 6.20 Å². The number of nitrogens with zero attached hydrogens (tertiary/aromatic N) is 2. The number of piperidine rings is 1. The summed E-state index contributed by atoms with van der Waals surface area (Å²) in [6, 6.07) is 3.50. The van der Waals surface area contributed by atoms with Crippen LogP contribution in [0.2, 0.25) is 0 Å². The molecule has 0 saturated carbocycles. The van der Waals surface area contributed by atoms with Gasteiger partial charge in [-0.25, -0.2) is 0 Å². The number of likely N-dealkylation sites (N-methyl/N-ethyl adjacent to an activating group) is 1. The second kappa shape index (κ2) is 6.17. The lowest BCUT2D eigenvalue weighted by molar-refractivity contribution is -0.134. The first kappa shape index (κ1) is 13.3. The van der Waals surface area contributed by atoms with Gasteiger partial charge in [0.1, 0.15) is 5.75 Å². The molecule has 0 aliphatic carbocycles. The van der Waals surface area contributed by atoms with Crippen molar-refractivity contribution in [2.45, 2.75) is 18.9 Å². The summed E-state index contributed by atoms with van der Waals surface area (Å²) in [6.07, 6.45) is 4.36. The summed E-state index contributed by atoms with van der Waals surface area (Å²) >= 11 is 0. The average molecular weight is 263 g/mol. The fourth-order valence-electron chi connectivity index (χ4n) is 1.98. The maximum Gasteiger partial charge on any atom is 0.258 e. The third-order valence-electron chi connectivity index (χ3n) is 3.00. The molecule has 19 heavy (non-hydrogen) atoms. The molecule has 0 spiro atoms. The minimum atomic E-state index is -0.184. The lowest BCUT2D eigenvalue weighted by Crippen LogP contribution is -2.49. The Morgan fingerprint density at radius 3 is 3.16 bits per heavy atom. The van der Waals surface area contributed by atoms with Gasteiger partial charge in [-0.1, -0.05) is 0 Å². The molecule has 1 saturated heterocycles. The smallest absolute Gasteiger partial charge is 0.258 e. The average Bonchev–Trinajstić information content (AvgIpc) is 2.42. The molecule has 1 unspecified atom stereocenters. The van der Waals surface area contributed by atoms with Crippen LogP contribution in [0, 0.1) is 0 Å². The Morgan fingerprint density at radius 2 is 2.47 bits per heavy atom. The van der Waals surface area contributed by atoms with Crippen molar-refractivity contribution in [3.8, 4) is 5.75 Å². The Hall–Kier alpha value is -2.11. The van der Waals surface area contributed by atoms with E-state index >= 15 is 0 Å². The molecule has 2 amide bonds. The summed E-state index contributed by atoms with van der Waals surface area (Å²) < 4.78 is 5.30. The zero-order valence-corrected chi connectivity index (χ0v) is 10.8. The molecule has 1 N–H and O–H groups in total. The van der Waals surface area contributed by atoms with Gasteiger partial charge in [0, 0.05) is 32.3 Å². The third-order valence-corrected chi connectivity index (χ3v) is 3.00. The second-order valence-electron chi connectivity index (χ2n) is 4.55. The fraction of sp³-hybridized carbons (Fsp3) is 0.462. The predicted octanol–water partition coefficient (Wildman–Crippen LogP) is 0.197. The Labute approximate surface area is 111 Å². The first-order chi connectivity index (χ1) is 9.15. The van der Waals surface area contributed by atoms with E-state index in [1.54, 1.807) is 36.5 Å². The summed E-state index contributed by atoms with van der Waals surface area (Å²) in [6.45, 7) is 0.511. The maximum atomic E-state index is 11.7. The number of likely N-dealkylation sites (tertiary alicyclic amines) is 1. The van der Waals surface area contributed by atoms with Gasteiger partial charge < -0.3 is 15.0 Å². The van der Waals surface area contributed by atoms with Crippen LogP contribution in [0.25, 0.3) is 0 Å². The molecule has 1 aliphatic rings. The molecule has 1 aliphatic heterocycles. The van der Waals surface area contributed by atoms with Crippen LogP contribution in [0.15, 0.2) is 24.5 Å². The van der Waals surface area contributed by atoms with E-state index in [-0.39, 0.29) is 24.5 Å². The summed E-state index contributed by atoms with van der Waals surface area (Å²) in [5.74, 6) is 0.502. The lowest BCUT2D eigenvalue weighted by atomic mass is 10.1. The topological polar surface area (TPSA) is 71.5 Å². The van der Waals surface area contributed by atoms with E-state index in [9.17, 15) is 9.59 Å². The van der Waals surface area contributed by atoms with Crippen molar-refractivity contribution >= 4 is 11.8 Å². The second-order valence-corrected chi connectivity index (χ2v) is 4.55. The molecule has 1 atom stereocenters. The van der Waals surface area contributed by atoms with Gasteiger partial charge in [0.15, 0.2) is 6.61 Å². The normalized spacial score (nSPS) is 19.1. The van der Waals surface area contributed by atoms with E-state index in [1.165, 1.54) is 0 Å². The van der Waals surface area contributed by atoms with E-state index in [0.29, 0.717) is 25.1 Å². The Bertz CT molecular complexity index is 450. The van der Waals surface area contributed by atoms with Crippen LogP contribution in [-0.4, -0.2) is 47.9 Å². The highest BCUT2D eigenvalue weighted by Gasteiger charge is 2.23. The predicted molar refractivity (Wildman–Crippen MR) is 68.5 cm³/mol. The van der Waals surface area contributed by atoms with Gasteiger partial charge in [-0.05, 0) is 18.6 Å². The molecule has 102 valence electrons. The van der Waals surface area contributed by atoms with E-state index in [4.69, 9.17) is 4.74 Å². The molecule has 0 bridgehead atoms. The third kappa shape index (κ3) is 3.94. The van der Waals surface area contributed by atoms with Gasteiger partial charge in [-0.15, -0.1) is 0 Å². The Kier molecular flexibility index (Phi) is 4.33. The van der Waals surface area contributed by atoms with E-state index in [0.717, 1.165) is 0 Å². The van der Waals surface area contributed by atoms with Crippen LogP contribution in [-0.2, 0) is 9.59 Å². The quantitative estimate of drug-likeness (QED) is 0.842. The van der Waals surface area contributed by atoms with Gasteiger partial charge in [0.25, 0.3) is 5.91 Å². The molecule has 0 aromatic carbocycles. The lowest BCUT2D eigenvalue weighted by Gasteiger charge is -2.30. The number of carbonyl (C=O) groups is 2. The van der Waals surface area contributed by atoms with Gasteiger partial charge in [0.2, 0.25) is 5.91 Å². The standard InChI is InChI=1S/C13H17N3O3/c1-16-8-10(4-5-13(16)18)15-12(17)9-19-11-3-2-6-14-7-11/h2-3,6-7,10H,4-5,8-9H2,1H3,(H,15,17). The van der Waals surface area contributed by atoms with Crippen molar-refractivity contribution in [2.24, 2.45) is 0 Å². The van der Waals surface area contributed by atoms with Gasteiger partial charge in [-0.3, -0.25) is 14.6 Å². The number of amides is 2. The summed E-state index contributed by atoms with van der Waals surface area (Å²) in [5.41, 5.74) is 0. The van der Waals surface area contributed by atoms with E-state index in [1.807, 2.05) is 0 Å². The minimum Gasteiger partial charge on any atom is -0.482 e. The van der Waals surface area contributed by atoms with Crippen molar-refractivity contribution in [2.75, 3.05) is 20.2 Å². The van der Waals surface area contributed by atoms with Crippen LogP contribution in [0.3, 0.4) is 0 Å². The fourth-order valence-corrected chi connectivity index (χ4v) is 1.98. The molecular weight excluding hydrogens is 246 g/mol. The molecule has 2 rings (SSSR count). The van der Waals surface area contributed by atoms with Crippen molar-refractivity contribution < 1.29 is 14.3 Å². The highest BCUT2D eigenvalue weighted by atomic mass is 16.5. The van der Waals surface area contributed by atoms with E-state index in [2.05, 4.69) is 10.3 Å². The summed E-state index contributed by atoms with van der Waals surface area (Å²) in [7, 11) is 1.74. The number of hydrogen-bond acceptors (Lipinski definition) is 4. The molecular formula is C13H17N3O3. The number of hydrogen-bond donors (Lipinski definition) is 1. The van der Waals surface area contributed by atoms with Gasteiger partial charge in [-0.2, -0.15) is 0 Å². The van der Waals surface area contributed by atoms with Crippen LogP contribution in [0.1, 0.15) is 12.8 Å². The van der Waals surface area contributed by atoms with Crippen molar-refractivity contribution in [3.63, 3.8) is 0 Å². The zero-order chi connectivity index (χ0) is 13.7. The van der Waals surface area contributed by atoms with E-state index < -0.39 is 0 Å². The Morgan fingerprint density at radius 1 is 1.63 bits per heavy atom. The molecule has 1 aromatic heterocycles. The number of aromatic nitrogens is 1.